The van der Waals surface area contributed by atoms with Crippen LogP contribution in [-0.2, 0) is 4.74 Å². The number of likely N-dealkylation sites (tertiary alicyclic amines) is 1. The van der Waals surface area contributed by atoms with Crippen LogP contribution in [0.3, 0.4) is 0 Å². The molecule has 0 aromatic heterocycles. The molecule has 1 aliphatic heterocycles. The molecule has 0 aliphatic carbocycles. The van der Waals surface area contributed by atoms with Crippen LogP contribution >= 0.6 is 0 Å². The Morgan fingerprint density at radius 3 is 2.78 bits per heavy atom. The van der Waals surface area contributed by atoms with Gasteiger partial charge in [0.2, 0.25) is 0 Å². The zero-order valence-electron chi connectivity index (χ0n) is 14.6. The van der Waals surface area contributed by atoms with Gasteiger partial charge in [0.05, 0.1) is 6.04 Å². The number of phenols is 1. The van der Waals surface area contributed by atoms with Gasteiger partial charge in [-0.25, -0.2) is 4.79 Å². The van der Waals surface area contributed by atoms with Crippen LogP contribution in [0, 0.1) is 6.92 Å². The van der Waals surface area contributed by atoms with Crippen LogP contribution in [0.5, 0.6) is 5.75 Å². The van der Waals surface area contributed by atoms with Crippen LogP contribution in [0.15, 0.2) is 18.2 Å². The molecule has 23 heavy (non-hydrogen) atoms. The Labute approximate surface area is 138 Å². The van der Waals surface area contributed by atoms with Crippen LogP contribution in [-0.4, -0.2) is 40.8 Å². The fraction of sp³-hybridized carbons (Fsp3) is 0.611. The fourth-order valence-electron chi connectivity index (χ4n) is 2.85. The topological polar surface area (TPSA) is 61.8 Å². The summed E-state index contributed by atoms with van der Waals surface area (Å²) in [5.74, 6) is 0.265. The van der Waals surface area contributed by atoms with Crippen LogP contribution in [0.2, 0.25) is 0 Å². The molecule has 5 heteroatoms. The number of hydrogen-bond acceptors (Lipinski definition) is 4. The number of benzene rings is 1. The lowest BCUT2D eigenvalue weighted by Crippen LogP contribution is -2.48. The van der Waals surface area contributed by atoms with E-state index in [1.165, 1.54) is 0 Å². The number of phenolic OH excluding ortho intramolecular Hbond substituents is 1. The average molecular weight is 320 g/mol. The summed E-state index contributed by atoms with van der Waals surface area (Å²) in [4.78, 5) is 14.2. The molecule has 0 saturated carbocycles. The Morgan fingerprint density at radius 1 is 1.39 bits per heavy atom. The summed E-state index contributed by atoms with van der Waals surface area (Å²) < 4.78 is 5.53. The molecular formula is C18H28N2O3. The maximum atomic E-state index is 12.4. The number of ether oxygens (including phenoxy) is 1. The number of carbonyl (C=O) groups is 1. The van der Waals surface area contributed by atoms with Crippen molar-refractivity contribution < 1.29 is 14.6 Å². The maximum Gasteiger partial charge on any atom is 0.410 e. The minimum atomic E-state index is -0.472. The molecular weight excluding hydrogens is 292 g/mol. The lowest BCUT2D eigenvalue weighted by atomic mass is 10.0. The van der Waals surface area contributed by atoms with Gasteiger partial charge in [0, 0.05) is 18.8 Å². The molecule has 1 amide bonds. The number of nitrogens with one attached hydrogen (secondary N) is 1. The Hall–Kier alpha value is -1.91. The van der Waals surface area contributed by atoms with Crippen molar-refractivity contribution in [3.63, 3.8) is 0 Å². The molecule has 1 unspecified atom stereocenters. The molecule has 1 heterocycles. The fourth-order valence-corrected chi connectivity index (χ4v) is 2.85. The van der Waals surface area contributed by atoms with Crippen LogP contribution in [0.25, 0.3) is 0 Å². The van der Waals surface area contributed by atoms with Crippen molar-refractivity contribution in [1.29, 1.82) is 0 Å². The molecule has 1 aliphatic rings. The van der Waals surface area contributed by atoms with Gasteiger partial charge in [-0.15, -0.1) is 0 Å². The average Bonchev–Trinajstić information content (AvgIpc) is 2.45. The highest BCUT2D eigenvalue weighted by molar-refractivity contribution is 5.69. The maximum absolute atomic E-state index is 12.4. The van der Waals surface area contributed by atoms with Gasteiger partial charge in [-0.3, -0.25) is 0 Å². The normalized spacial score (nSPS) is 18.6. The summed E-state index contributed by atoms with van der Waals surface area (Å²) in [5, 5.41) is 12.9. The third-order valence-electron chi connectivity index (χ3n) is 3.99. The minimum Gasteiger partial charge on any atom is -0.508 e. The lowest BCUT2D eigenvalue weighted by Gasteiger charge is -2.37. The Morgan fingerprint density at radius 2 is 2.13 bits per heavy atom. The lowest BCUT2D eigenvalue weighted by molar-refractivity contribution is 0.0114. The first-order chi connectivity index (χ1) is 10.8. The third kappa shape index (κ3) is 5.05. The zero-order chi connectivity index (χ0) is 17.0. The van der Waals surface area contributed by atoms with E-state index in [2.05, 4.69) is 5.32 Å². The molecule has 0 spiro atoms. The molecule has 2 rings (SSSR count). The summed E-state index contributed by atoms with van der Waals surface area (Å²) in [7, 11) is 0. The third-order valence-corrected chi connectivity index (χ3v) is 3.99. The van der Waals surface area contributed by atoms with E-state index in [9.17, 15) is 9.90 Å². The van der Waals surface area contributed by atoms with Gasteiger partial charge in [0.1, 0.15) is 11.4 Å². The first-order valence-corrected chi connectivity index (χ1v) is 8.29. The molecule has 5 nitrogen and oxygen atoms in total. The molecule has 0 bridgehead atoms. The quantitative estimate of drug-likeness (QED) is 0.829. The summed E-state index contributed by atoms with van der Waals surface area (Å²) in [6.45, 7) is 9.06. The van der Waals surface area contributed by atoms with Crippen molar-refractivity contribution in [3.05, 3.63) is 23.8 Å². The summed E-state index contributed by atoms with van der Waals surface area (Å²) in [5.41, 5.74) is 1.50. The van der Waals surface area contributed by atoms with Gasteiger partial charge in [0.15, 0.2) is 0 Å². The monoisotopic (exact) mass is 320 g/mol. The second-order valence-electron chi connectivity index (χ2n) is 7.20. The van der Waals surface area contributed by atoms with E-state index in [0.717, 1.165) is 37.1 Å². The number of rotatable bonds is 3. The summed E-state index contributed by atoms with van der Waals surface area (Å²) in [6, 6.07) is 5.40. The summed E-state index contributed by atoms with van der Waals surface area (Å²) in [6.07, 6.45) is 2.89. The molecule has 128 valence electrons. The Balaban J connectivity index is 1.99. The van der Waals surface area contributed by atoms with Crippen LogP contribution < -0.4 is 5.32 Å². The smallest absolute Gasteiger partial charge is 0.410 e. The number of piperidine rings is 1. The van der Waals surface area contributed by atoms with Crippen molar-refractivity contribution in [3.8, 4) is 5.75 Å². The predicted molar refractivity (Wildman–Crippen MR) is 91.9 cm³/mol. The molecule has 1 fully saturated rings. The van der Waals surface area contributed by atoms with E-state index in [4.69, 9.17) is 4.74 Å². The van der Waals surface area contributed by atoms with Gasteiger partial charge in [0.25, 0.3) is 0 Å². The van der Waals surface area contributed by atoms with Crippen molar-refractivity contribution in [2.24, 2.45) is 0 Å². The van der Waals surface area contributed by atoms with Gasteiger partial charge in [-0.05, 0) is 70.7 Å². The van der Waals surface area contributed by atoms with Crippen molar-refractivity contribution >= 4 is 11.8 Å². The number of anilines is 1. The largest absolute Gasteiger partial charge is 0.508 e. The zero-order valence-corrected chi connectivity index (χ0v) is 14.6. The predicted octanol–water partition coefficient (Wildman–Crippen LogP) is 3.90. The second-order valence-corrected chi connectivity index (χ2v) is 7.20. The SMILES string of the molecule is Cc1cc(O)ccc1NCC1CCCCN1C(=O)OC(C)(C)C. The highest BCUT2D eigenvalue weighted by Gasteiger charge is 2.30. The van der Waals surface area contributed by atoms with E-state index in [1.54, 1.807) is 12.1 Å². The Bertz CT molecular complexity index is 552. The van der Waals surface area contributed by atoms with Crippen molar-refractivity contribution in [1.82, 2.24) is 4.90 Å². The highest BCUT2D eigenvalue weighted by Crippen LogP contribution is 2.23. The van der Waals surface area contributed by atoms with E-state index in [-0.39, 0.29) is 17.9 Å². The molecule has 1 aromatic carbocycles. The molecule has 1 aromatic rings. The van der Waals surface area contributed by atoms with Crippen molar-refractivity contribution in [2.45, 2.75) is 58.6 Å². The van der Waals surface area contributed by atoms with Gasteiger partial charge >= 0.3 is 6.09 Å². The number of amides is 1. The first kappa shape index (κ1) is 17.4. The molecule has 0 radical (unpaired) electrons. The molecule has 1 saturated heterocycles. The van der Waals surface area contributed by atoms with Crippen LogP contribution in [0.4, 0.5) is 10.5 Å². The highest BCUT2D eigenvalue weighted by atomic mass is 16.6. The van der Waals surface area contributed by atoms with Gasteiger partial charge < -0.3 is 20.1 Å². The number of hydrogen-bond donors (Lipinski definition) is 2. The standard InChI is InChI=1S/C18H28N2O3/c1-13-11-15(21)8-9-16(13)19-12-14-7-5-6-10-20(14)17(22)23-18(2,3)4/h8-9,11,14,19,21H,5-7,10,12H2,1-4H3. The Kier molecular flexibility index (Phi) is 5.39. The van der Waals surface area contributed by atoms with Gasteiger partial charge in [-0.2, -0.15) is 0 Å². The number of aryl methyl sites for hydroxylation is 1. The first-order valence-electron chi connectivity index (χ1n) is 8.29. The van der Waals surface area contributed by atoms with Crippen molar-refractivity contribution in [2.75, 3.05) is 18.4 Å². The molecule has 2 N–H and O–H groups in total. The number of aromatic hydroxyl groups is 1. The van der Waals surface area contributed by atoms with Gasteiger partial charge in [-0.1, -0.05) is 0 Å². The van der Waals surface area contributed by atoms with E-state index < -0.39 is 5.60 Å². The number of carbonyl (C=O) groups excluding carboxylic acids is 1. The minimum absolute atomic E-state index is 0.131. The summed E-state index contributed by atoms with van der Waals surface area (Å²) >= 11 is 0. The van der Waals surface area contributed by atoms with E-state index >= 15 is 0 Å². The van der Waals surface area contributed by atoms with E-state index in [1.807, 2.05) is 38.7 Å². The van der Waals surface area contributed by atoms with E-state index in [0.29, 0.717) is 6.54 Å². The second kappa shape index (κ2) is 7.11. The molecule has 1 atom stereocenters. The van der Waals surface area contributed by atoms with Crippen LogP contribution in [0.1, 0.15) is 45.6 Å². The number of nitrogens with zero attached hydrogens (tertiary/aromatic N) is 1.